The minimum atomic E-state index is -4.52. The highest BCUT2D eigenvalue weighted by molar-refractivity contribution is 7.35. The third-order valence-electron chi connectivity index (χ3n) is 13.1. The predicted molar refractivity (Wildman–Crippen MR) is 258 cm³/mol. The number of ketones is 4. The van der Waals surface area contributed by atoms with Crippen molar-refractivity contribution >= 4 is 111 Å². The lowest BCUT2D eigenvalue weighted by Gasteiger charge is -2.27. The Bertz CT molecular complexity index is 3480. The van der Waals surface area contributed by atoms with E-state index < -0.39 is 83.9 Å². The van der Waals surface area contributed by atoms with E-state index >= 15 is 9.59 Å². The predicted octanol–water partition coefficient (Wildman–Crippen LogP) is 12.7. The number of alkyl halides is 6. The van der Waals surface area contributed by atoms with Crippen molar-refractivity contribution in [3.63, 3.8) is 0 Å². The Morgan fingerprint density at radius 2 is 1.04 bits per heavy atom. The highest BCUT2D eigenvalue weighted by Crippen LogP contribution is 2.64. The van der Waals surface area contributed by atoms with Gasteiger partial charge in [-0.2, -0.15) is 26.3 Å². The summed E-state index contributed by atoms with van der Waals surface area (Å²) in [5, 5.41) is 0. The monoisotopic (exact) mass is 1040 g/mol. The minimum absolute atomic E-state index is 0.0129. The van der Waals surface area contributed by atoms with E-state index in [1.54, 1.807) is 72.8 Å². The lowest BCUT2D eigenvalue weighted by Crippen LogP contribution is -2.45. The third-order valence-corrected chi connectivity index (χ3v) is 18.0. The summed E-state index contributed by atoms with van der Waals surface area (Å²) in [5.41, 5.74) is -0.355. The summed E-state index contributed by atoms with van der Waals surface area (Å²) in [6.07, 6.45) is -2.99. The molecule has 0 saturated heterocycles. The molecule has 18 heteroatoms. The maximum Gasteiger partial charge on any atom is 0.392 e. The number of hydrogen-bond acceptors (Lipinski definition) is 12. The molecule has 0 aliphatic heterocycles. The van der Waals surface area contributed by atoms with Crippen LogP contribution in [-0.4, -0.2) is 47.4 Å². The van der Waals surface area contributed by atoms with E-state index in [2.05, 4.69) is 0 Å². The quantitative estimate of drug-likeness (QED) is 0.0461. The van der Waals surface area contributed by atoms with E-state index in [1.165, 1.54) is 59.1 Å². The van der Waals surface area contributed by atoms with Gasteiger partial charge in [-0.25, -0.2) is 0 Å². The molecule has 0 N–H and O–H groups in total. The zero-order chi connectivity index (χ0) is 49.7. The first-order valence-corrected chi connectivity index (χ1v) is 25.3. The van der Waals surface area contributed by atoms with Gasteiger partial charge in [-0.1, -0.05) is 85.0 Å². The average Bonchev–Trinajstić information content (AvgIpc) is 4.16. The van der Waals surface area contributed by atoms with Crippen molar-refractivity contribution in [1.82, 2.24) is 0 Å². The van der Waals surface area contributed by atoms with E-state index in [9.17, 15) is 45.5 Å². The summed E-state index contributed by atoms with van der Waals surface area (Å²) in [7, 11) is 0. The summed E-state index contributed by atoms with van der Waals surface area (Å²) in [5.74, 6) is -8.20. The van der Waals surface area contributed by atoms with Crippen molar-refractivity contribution < 1.29 is 64.6 Å². The summed E-state index contributed by atoms with van der Waals surface area (Å²) in [4.78, 5) is 86.1. The van der Waals surface area contributed by atoms with Crippen LogP contribution in [0, 0.1) is 11.8 Å². The Labute approximate surface area is 414 Å². The molecule has 4 aromatic heterocycles. The van der Waals surface area contributed by atoms with Crippen LogP contribution in [0.2, 0.25) is 0 Å². The van der Waals surface area contributed by atoms with Crippen molar-refractivity contribution in [3.8, 4) is 9.75 Å². The van der Waals surface area contributed by atoms with Gasteiger partial charge in [0, 0.05) is 52.6 Å². The number of Topliss-reactive ketones (excluding diaryl/α,β-unsaturated/α-hetero) is 4. The van der Waals surface area contributed by atoms with Crippen molar-refractivity contribution in [2.45, 2.75) is 56.7 Å². The van der Waals surface area contributed by atoms with Gasteiger partial charge in [-0.15, -0.1) is 45.3 Å². The van der Waals surface area contributed by atoms with Gasteiger partial charge in [0.15, 0.2) is 0 Å². The molecule has 0 amide bonds. The molecule has 0 spiro atoms. The second-order valence-electron chi connectivity index (χ2n) is 17.6. The van der Waals surface area contributed by atoms with Crippen LogP contribution in [0.25, 0.3) is 40.7 Å². The van der Waals surface area contributed by atoms with E-state index in [-0.39, 0.29) is 64.2 Å². The normalized spacial score (nSPS) is 20.7. The molecule has 2 fully saturated rings. The molecule has 2 saturated carbocycles. The number of hydrogen-bond donors (Lipinski definition) is 0. The molecular weight excluding hydrogens is 1010 g/mol. The molecule has 0 bridgehead atoms. The van der Waals surface area contributed by atoms with Gasteiger partial charge in [-0.05, 0) is 71.7 Å². The first kappa shape index (κ1) is 46.8. The molecule has 5 aliphatic rings. The molecule has 71 heavy (non-hydrogen) atoms. The lowest BCUT2D eigenvalue weighted by molar-refractivity contribution is -0.172. The van der Waals surface area contributed by atoms with Crippen LogP contribution < -0.4 is 0 Å². The molecular formula is C53H32F6O8S4. The van der Waals surface area contributed by atoms with Crippen LogP contribution in [0.5, 0.6) is 0 Å². The van der Waals surface area contributed by atoms with Gasteiger partial charge in [-0.3, -0.25) is 28.8 Å². The molecule has 11 rings (SSSR count). The fraction of sp³-hybridized carbons (Fsp3) is 0.208. The van der Waals surface area contributed by atoms with E-state index in [1.807, 2.05) is 0 Å². The zero-order valence-electron chi connectivity index (χ0n) is 36.5. The molecule has 358 valence electrons. The molecule has 2 atom stereocenters. The Morgan fingerprint density at radius 3 is 1.52 bits per heavy atom. The SMILES string of the molecule is O=C1C(=O)/C(=C\c2cc3sc4c(c3s2)C(C(=O)OCc2ccccc2)(C(=O)OCc2ccccc2)c2c-4sc3cc(/C=C4\C(=O)C(=O)C5=CCC(C(F)(F)F)CC=C54)sc23)C2=CCC(CC(F)(F)F)C=C12. The topological polar surface area (TPSA) is 121 Å². The van der Waals surface area contributed by atoms with Crippen LogP contribution in [0.4, 0.5) is 26.3 Å². The van der Waals surface area contributed by atoms with Gasteiger partial charge in [0.25, 0.3) is 0 Å². The van der Waals surface area contributed by atoms with Gasteiger partial charge in [0.2, 0.25) is 28.5 Å². The number of halogens is 6. The smallest absolute Gasteiger partial charge is 0.392 e. The number of ether oxygens (including phenoxy) is 2. The van der Waals surface area contributed by atoms with Crippen molar-refractivity contribution in [3.05, 3.63) is 163 Å². The zero-order valence-corrected chi connectivity index (χ0v) is 39.7. The largest absolute Gasteiger partial charge is 0.459 e. The molecule has 2 aromatic carbocycles. The van der Waals surface area contributed by atoms with Crippen molar-refractivity contribution in [2.24, 2.45) is 11.8 Å². The fourth-order valence-corrected chi connectivity index (χ4v) is 15.3. The molecule has 6 aromatic rings. The summed E-state index contributed by atoms with van der Waals surface area (Å²) < 4.78 is 95.7. The Balaban J connectivity index is 1.06. The Kier molecular flexibility index (Phi) is 11.4. The number of thiophene rings is 4. The third kappa shape index (κ3) is 7.95. The standard InChI is InChI=1S/C53H32F6O8S4/c54-51(55,56)22-27-11-14-32-34(17-27)42(61)44(63)36(32)19-30-21-38-46(69-30)40-48(71-38)47-39(52(40,49(64)66-23-25-7-3-1-4-8-25)50(65)67-24-26-9-5-2-6-10-26)45-37(70-47)20-29(68-45)18-35-31-15-12-28(53(57,58)59)13-16-33(31)41(60)43(35)62/h1-10,14-21,27-28H,11-13,22-24H2/b35-18-,36-19-. The fourth-order valence-electron chi connectivity index (χ4n) is 9.78. The van der Waals surface area contributed by atoms with Crippen LogP contribution in [0.1, 0.15) is 57.7 Å². The van der Waals surface area contributed by atoms with Crippen LogP contribution in [0.3, 0.4) is 0 Å². The second kappa shape index (κ2) is 17.3. The van der Waals surface area contributed by atoms with E-state index in [4.69, 9.17) is 9.47 Å². The molecule has 0 radical (unpaired) electrons. The van der Waals surface area contributed by atoms with Crippen LogP contribution in [0.15, 0.2) is 131 Å². The van der Waals surface area contributed by atoms with Crippen LogP contribution >= 0.6 is 45.3 Å². The maximum absolute atomic E-state index is 15.4. The van der Waals surface area contributed by atoms with Gasteiger partial charge < -0.3 is 9.47 Å². The number of carbonyl (C=O) groups is 6. The van der Waals surface area contributed by atoms with Gasteiger partial charge >= 0.3 is 24.3 Å². The van der Waals surface area contributed by atoms with Crippen molar-refractivity contribution in [1.29, 1.82) is 0 Å². The first-order chi connectivity index (χ1) is 33.9. The summed E-state index contributed by atoms with van der Waals surface area (Å²) in [6.45, 7) is -0.465. The lowest BCUT2D eigenvalue weighted by atomic mass is 9.79. The molecule has 8 nitrogen and oxygen atoms in total. The summed E-state index contributed by atoms with van der Waals surface area (Å²) >= 11 is 4.81. The molecule has 5 aliphatic carbocycles. The van der Waals surface area contributed by atoms with Gasteiger partial charge in [0.1, 0.15) is 13.2 Å². The molecule has 4 heterocycles. The Hall–Kier alpha value is -6.60. The minimum Gasteiger partial charge on any atom is -0.459 e. The Morgan fingerprint density at radius 1 is 0.592 bits per heavy atom. The number of carbonyl (C=O) groups excluding carboxylic acids is 6. The van der Waals surface area contributed by atoms with Gasteiger partial charge in [0.05, 0.1) is 31.5 Å². The van der Waals surface area contributed by atoms with E-state index in [0.29, 0.717) is 49.4 Å². The first-order valence-electron chi connectivity index (χ1n) is 22.1. The number of benzene rings is 2. The maximum atomic E-state index is 15.4. The highest BCUT2D eigenvalue weighted by Gasteiger charge is 2.62. The van der Waals surface area contributed by atoms with E-state index in [0.717, 1.165) is 22.7 Å². The highest BCUT2D eigenvalue weighted by atomic mass is 32.1. The number of rotatable bonds is 9. The van der Waals surface area contributed by atoms with Crippen molar-refractivity contribution in [2.75, 3.05) is 0 Å². The average molecular weight is 1040 g/mol. The molecule has 2 unspecified atom stereocenters. The number of fused-ring (bicyclic) bond motifs is 9. The second-order valence-corrected chi connectivity index (χ2v) is 21.8. The summed E-state index contributed by atoms with van der Waals surface area (Å²) in [6, 6.07) is 21.1. The number of esters is 2. The van der Waals surface area contributed by atoms with Crippen LogP contribution in [-0.2, 0) is 56.9 Å². The number of allylic oxidation sites excluding steroid dienone is 10.